The number of methoxy groups -OCH3 is 1. The second-order valence-corrected chi connectivity index (χ2v) is 3.66. The van der Waals surface area contributed by atoms with Gasteiger partial charge in [0.2, 0.25) is 5.91 Å². The summed E-state index contributed by atoms with van der Waals surface area (Å²) in [4.78, 5) is 11.5. The lowest BCUT2D eigenvalue weighted by molar-refractivity contribution is -0.116. The van der Waals surface area contributed by atoms with Gasteiger partial charge in [-0.05, 0) is 18.6 Å². The summed E-state index contributed by atoms with van der Waals surface area (Å²) >= 11 is 0. The highest BCUT2D eigenvalue weighted by Gasteiger charge is 2.07. The average molecular weight is 247 g/mol. The SMILES string of the molecule is C#CCOc1ccc(NC(=O)CCC)cc1OC. The van der Waals surface area contributed by atoms with Crippen LogP contribution >= 0.6 is 0 Å². The van der Waals surface area contributed by atoms with Crippen molar-refractivity contribution in [2.24, 2.45) is 0 Å². The van der Waals surface area contributed by atoms with Crippen LogP contribution in [0.3, 0.4) is 0 Å². The highest BCUT2D eigenvalue weighted by molar-refractivity contribution is 5.91. The van der Waals surface area contributed by atoms with Gasteiger partial charge in [0.25, 0.3) is 0 Å². The molecule has 0 fully saturated rings. The van der Waals surface area contributed by atoms with Crippen molar-refractivity contribution in [3.63, 3.8) is 0 Å². The van der Waals surface area contributed by atoms with Gasteiger partial charge in [0.1, 0.15) is 6.61 Å². The Kier molecular flexibility index (Phi) is 5.59. The molecular formula is C14H17NO3. The first-order valence-corrected chi connectivity index (χ1v) is 5.75. The zero-order valence-electron chi connectivity index (χ0n) is 10.7. The Labute approximate surface area is 107 Å². The molecule has 1 aromatic carbocycles. The Morgan fingerprint density at radius 3 is 2.83 bits per heavy atom. The van der Waals surface area contributed by atoms with Crippen LogP contribution in [-0.2, 0) is 4.79 Å². The number of hydrogen-bond acceptors (Lipinski definition) is 3. The van der Waals surface area contributed by atoms with Gasteiger partial charge in [-0.3, -0.25) is 4.79 Å². The van der Waals surface area contributed by atoms with Crippen molar-refractivity contribution in [1.29, 1.82) is 0 Å². The lowest BCUT2D eigenvalue weighted by Gasteiger charge is -2.11. The molecule has 0 aliphatic heterocycles. The molecule has 96 valence electrons. The predicted octanol–water partition coefficient (Wildman–Crippen LogP) is 2.45. The zero-order chi connectivity index (χ0) is 13.4. The first-order chi connectivity index (χ1) is 8.71. The first-order valence-electron chi connectivity index (χ1n) is 5.75. The molecule has 1 rings (SSSR count). The van der Waals surface area contributed by atoms with Crippen LogP contribution in [0.2, 0.25) is 0 Å². The Hall–Kier alpha value is -2.15. The summed E-state index contributed by atoms with van der Waals surface area (Å²) < 4.78 is 10.5. The van der Waals surface area contributed by atoms with Crippen molar-refractivity contribution < 1.29 is 14.3 Å². The van der Waals surface area contributed by atoms with Crippen molar-refractivity contribution in [1.82, 2.24) is 0 Å². The van der Waals surface area contributed by atoms with Gasteiger partial charge in [0.15, 0.2) is 11.5 Å². The van der Waals surface area contributed by atoms with Crippen LogP contribution in [-0.4, -0.2) is 19.6 Å². The number of hydrogen-bond donors (Lipinski definition) is 1. The van der Waals surface area contributed by atoms with Crippen LogP contribution in [0.4, 0.5) is 5.69 Å². The number of rotatable bonds is 6. The minimum Gasteiger partial charge on any atom is -0.493 e. The van der Waals surface area contributed by atoms with Crippen LogP contribution in [0.15, 0.2) is 18.2 Å². The van der Waals surface area contributed by atoms with Crippen molar-refractivity contribution in [2.45, 2.75) is 19.8 Å². The molecular weight excluding hydrogens is 230 g/mol. The molecule has 1 N–H and O–H groups in total. The van der Waals surface area contributed by atoms with E-state index >= 15 is 0 Å². The lowest BCUT2D eigenvalue weighted by atomic mass is 10.2. The van der Waals surface area contributed by atoms with Gasteiger partial charge in [-0.2, -0.15) is 0 Å². The summed E-state index contributed by atoms with van der Waals surface area (Å²) in [6.07, 6.45) is 6.43. The van der Waals surface area contributed by atoms with E-state index in [0.29, 0.717) is 23.6 Å². The summed E-state index contributed by atoms with van der Waals surface area (Å²) in [7, 11) is 1.54. The summed E-state index contributed by atoms with van der Waals surface area (Å²) in [5, 5.41) is 2.79. The first kappa shape index (κ1) is 13.9. The summed E-state index contributed by atoms with van der Waals surface area (Å²) in [6.45, 7) is 2.13. The minimum absolute atomic E-state index is 0.0168. The van der Waals surface area contributed by atoms with Crippen LogP contribution in [0.1, 0.15) is 19.8 Å². The predicted molar refractivity (Wildman–Crippen MR) is 70.9 cm³/mol. The molecule has 4 nitrogen and oxygen atoms in total. The molecule has 0 aromatic heterocycles. The second kappa shape index (κ2) is 7.23. The Balaban J connectivity index is 2.78. The summed E-state index contributed by atoms with van der Waals surface area (Å²) in [5.41, 5.74) is 0.679. The maximum absolute atomic E-state index is 11.5. The van der Waals surface area contributed by atoms with E-state index in [9.17, 15) is 4.79 Å². The van der Waals surface area contributed by atoms with E-state index in [1.807, 2.05) is 6.92 Å². The van der Waals surface area contributed by atoms with Gasteiger partial charge in [0, 0.05) is 18.2 Å². The van der Waals surface area contributed by atoms with Gasteiger partial charge in [-0.1, -0.05) is 12.8 Å². The normalized spacial score (nSPS) is 9.39. The largest absolute Gasteiger partial charge is 0.493 e. The van der Waals surface area contributed by atoms with Gasteiger partial charge in [0.05, 0.1) is 7.11 Å². The smallest absolute Gasteiger partial charge is 0.224 e. The molecule has 0 saturated carbocycles. The molecule has 0 unspecified atom stereocenters. The van der Waals surface area contributed by atoms with Gasteiger partial charge >= 0.3 is 0 Å². The number of benzene rings is 1. The third-order valence-corrected chi connectivity index (χ3v) is 2.24. The van der Waals surface area contributed by atoms with E-state index < -0.39 is 0 Å². The monoisotopic (exact) mass is 247 g/mol. The van der Waals surface area contributed by atoms with E-state index in [-0.39, 0.29) is 12.5 Å². The third kappa shape index (κ3) is 4.02. The minimum atomic E-state index is -0.0168. The number of amides is 1. The molecule has 0 aliphatic rings. The van der Waals surface area contributed by atoms with Crippen molar-refractivity contribution in [3.05, 3.63) is 18.2 Å². The molecule has 0 heterocycles. The number of carbonyl (C=O) groups excluding carboxylic acids is 1. The Bertz CT molecular complexity index is 449. The third-order valence-electron chi connectivity index (χ3n) is 2.24. The molecule has 0 spiro atoms. The maximum Gasteiger partial charge on any atom is 0.224 e. The Morgan fingerprint density at radius 1 is 1.44 bits per heavy atom. The molecule has 0 bridgehead atoms. The lowest BCUT2D eigenvalue weighted by Crippen LogP contribution is -2.10. The van der Waals surface area contributed by atoms with Crippen LogP contribution in [0.25, 0.3) is 0 Å². The van der Waals surface area contributed by atoms with Crippen LogP contribution in [0.5, 0.6) is 11.5 Å². The van der Waals surface area contributed by atoms with Crippen LogP contribution in [0, 0.1) is 12.3 Å². The van der Waals surface area contributed by atoms with Crippen molar-refractivity contribution in [3.8, 4) is 23.8 Å². The topological polar surface area (TPSA) is 47.6 Å². The van der Waals surface area contributed by atoms with Gasteiger partial charge < -0.3 is 14.8 Å². The molecule has 0 atom stereocenters. The quantitative estimate of drug-likeness (QED) is 0.785. The number of anilines is 1. The van der Waals surface area contributed by atoms with E-state index in [0.717, 1.165) is 6.42 Å². The molecule has 0 aliphatic carbocycles. The van der Waals surface area contributed by atoms with E-state index in [4.69, 9.17) is 15.9 Å². The number of ether oxygens (including phenoxy) is 2. The molecule has 18 heavy (non-hydrogen) atoms. The molecule has 1 aromatic rings. The fraction of sp³-hybridized carbons (Fsp3) is 0.357. The number of nitrogens with one attached hydrogen (secondary N) is 1. The van der Waals surface area contributed by atoms with Gasteiger partial charge in [-0.25, -0.2) is 0 Å². The number of terminal acetylenes is 1. The standard InChI is InChI=1S/C14H17NO3/c1-4-6-14(16)15-11-7-8-12(18-9-5-2)13(10-11)17-3/h2,7-8,10H,4,6,9H2,1,3H3,(H,15,16). The van der Waals surface area contributed by atoms with Crippen molar-refractivity contribution >= 4 is 11.6 Å². The summed E-state index contributed by atoms with van der Waals surface area (Å²) in [5.74, 6) is 3.47. The summed E-state index contributed by atoms with van der Waals surface area (Å²) in [6, 6.07) is 5.18. The second-order valence-electron chi connectivity index (χ2n) is 3.66. The van der Waals surface area contributed by atoms with Crippen molar-refractivity contribution in [2.75, 3.05) is 19.0 Å². The van der Waals surface area contributed by atoms with Gasteiger partial charge in [-0.15, -0.1) is 6.42 Å². The number of carbonyl (C=O) groups is 1. The molecule has 0 saturated heterocycles. The average Bonchev–Trinajstić information content (AvgIpc) is 2.37. The maximum atomic E-state index is 11.5. The molecule has 1 amide bonds. The highest BCUT2D eigenvalue weighted by Crippen LogP contribution is 2.30. The molecule has 0 radical (unpaired) electrons. The molecule has 4 heteroatoms. The fourth-order valence-electron chi connectivity index (χ4n) is 1.43. The fourth-order valence-corrected chi connectivity index (χ4v) is 1.43. The van der Waals surface area contributed by atoms with Crippen LogP contribution < -0.4 is 14.8 Å². The van der Waals surface area contributed by atoms with E-state index in [1.54, 1.807) is 18.2 Å². The zero-order valence-corrected chi connectivity index (χ0v) is 10.7. The highest BCUT2D eigenvalue weighted by atomic mass is 16.5. The Morgan fingerprint density at radius 2 is 2.22 bits per heavy atom. The van der Waals surface area contributed by atoms with E-state index in [1.165, 1.54) is 7.11 Å². The van der Waals surface area contributed by atoms with E-state index in [2.05, 4.69) is 11.2 Å².